The number of carbonyl (C=O) groups is 1. The highest BCUT2D eigenvalue weighted by Gasteiger charge is 2.26. The lowest BCUT2D eigenvalue weighted by atomic mass is 10.2. The molecule has 6 nitrogen and oxygen atoms in total. The molecule has 0 saturated heterocycles. The molecule has 2 heterocycles. The summed E-state index contributed by atoms with van der Waals surface area (Å²) in [5.41, 5.74) is 0.340. The summed E-state index contributed by atoms with van der Waals surface area (Å²) in [6.45, 7) is 3.88. The average Bonchev–Trinajstić information content (AvgIpc) is 2.88. The predicted octanol–water partition coefficient (Wildman–Crippen LogP) is 2.49. The van der Waals surface area contributed by atoms with Crippen LogP contribution in [0, 0.1) is 11.7 Å². The summed E-state index contributed by atoms with van der Waals surface area (Å²) in [4.78, 5) is 18.3. The van der Waals surface area contributed by atoms with Gasteiger partial charge in [0.25, 0.3) is 6.20 Å². The van der Waals surface area contributed by atoms with Crippen LogP contribution < -0.4 is 9.63 Å². The van der Waals surface area contributed by atoms with E-state index in [1.54, 1.807) is 20.1 Å². The molecule has 0 fully saturated rings. The molecule has 2 aromatic rings. The summed E-state index contributed by atoms with van der Waals surface area (Å²) < 4.78 is 25.4. The maximum Gasteiger partial charge on any atom is 0.257 e. The number of pyridine rings is 1. The normalized spacial score (nSPS) is 13.5. The fourth-order valence-corrected chi connectivity index (χ4v) is 4.53. The molecule has 0 saturated carbocycles. The third-order valence-corrected chi connectivity index (χ3v) is 5.84. The van der Waals surface area contributed by atoms with Crippen LogP contribution in [0.4, 0.5) is 9.39 Å². The van der Waals surface area contributed by atoms with E-state index < -0.39 is 22.5 Å². The van der Waals surface area contributed by atoms with Gasteiger partial charge in [-0.2, -0.15) is 0 Å². The van der Waals surface area contributed by atoms with Gasteiger partial charge in [0, 0.05) is 40.0 Å². The van der Waals surface area contributed by atoms with Gasteiger partial charge < -0.3 is 4.90 Å². The van der Waals surface area contributed by atoms with Gasteiger partial charge in [0.15, 0.2) is 11.0 Å². The van der Waals surface area contributed by atoms with Gasteiger partial charge in [-0.15, -0.1) is 0 Å². The van der Waals surface area contributed by atoms with Gasteiger partial charge >= 0.3 is 0 Å². The molecule has 0 bridgehead atoms. The first-order chi connectivity index (χ1) is 11.7. The van der Waals surface area contributed by atoms with Gasteiger partial charge in [0.05, 0.1) is 5.56 Å². The van der Waals surface area contributed by atoms with E-state index in [1.807, 2.05) is 0 Å². The molecule has 136 valence electrons. The third kappa shape index (κ3) is 4.74. The van der Waals surface area contributed by atoms with Crippen LogP contribution in [-0.4, -0.2) is 38.9 Å². The molecule has 1 N–H and O–H groups in total. The van der Waals surface area contributed by atoms with E-state index in [2.05, 4.69) is 4.98 Å². The molecule has 2 atom stereocenters. The number of thiazole rings is 1. The lowest BCUT2D eigenvalue weighted by molar-refractivity contribution is -0.905. The van der Waals surface area contributed by atoms with Crippen molar-refractivity contribution in [1.82, 2.24) is 4.98 Å². The van der Waals surface area contributed by atoms with Crippen molar-refractivity contribution in [3.05, 3.63) is 29.4 Å². The number of anilines is 1. The summed E-state index contributed by atoms with van der Waals surface area (Å²) in [5.74, 6) is -1.00. The molecule has 0 aromatic carbocycles. The van der Waals surface area contributed by atoms with Gasteiger partial charge in [-0.3, -0.25) is 14.2 Å². The van der Waals surface area contributed by atoms with E-state index >= 15 is 0 Å². The number of rotatable bonds is 6. The highest BCUT2D eigenvalue weighted by atomic mass is 35.5. The van der Waals surface area contributed by atoms with E-state index in [9.17, 15) is 18.6 Å². The zero-order valence-electron chi connectivity index (χ0n) is 13.9. The van der Waals surface area contributed by atoms with Crippen molar-refractivity contribution in [2.45, 2.75) is 13.8 Å². The summed E-state index contributed by atoms with van der Waals surface area (Å²) in [5, 5.41) is 10.4. The number of carbonyl (C=O) groups excluding carboxylic acids is 1. The van der Waals surface area contributed by atoms with Crippen LogP contribution in [0.1, 0.15) is 13.8 Å². The minimum Gasteiger partial charge on any atom is -0.301 e. The van der Waals surface area contributed by atoms with E-state index in [-0.39, 0.29) is 16.8 Å². The second kappa shape index (κ2) is 8.20. The smallest absolute Gasteiger partial charge is 0.257 e. The Morgan fingerprint density at radius 3 is 2.80 bits per heavy atom. The van der Waals surface area contributed by atoms with E-state index in [1.165, 1.54) is 17.2 Å². The van der Waals surface area contributed by atoms with Gasteiger partial charge in [0.1, 0.15) is 10.0 Å². The Hall–Kier alpha value is -1.58. The molecular weight excluding hydrogens is 389 g/mol. The standard InChI is InChI=1S/C15H18ClFN3O3S2/c1-4-20(14(21)9(2)8-25(3)23)15-12(16)18-13(24-15)10-5-11(17)7-19(22)6-10/h5-7,9,22H,4,8H2,1-3H3/q+1. The van der Waals surface area contributed by atoms with E-state index in [4.69, 9.17) is 11.6 Å². The maximum atomic E-state index is 13.5. The number of hydrogen-bond acceptors (Lipinski definition) is 5. The van der Waals surface area contributed by atoms with Gasteiger partial charge in [0.2, 0.25) is 12.1 Å². The second-order valence-corrected chi connectivity index (χ2v) is 8.28. The van der Waals surface area contributed by atoms with Crippen molar-refractivity contribution in [3.63, 3.8) is 0 Å². The molecule has 2 rings (SSSR count). The maximum absolute atomic E-state index is 13.5. The van der Waals surface area contributed by atoms with Crippen molar-refractivity contribution in [3.8, 4) is 10.6 Å². The Labute approximate surface area is 156 Å². The fraction of sp³-hybridized carbons (Fsp3) is 0.400. The monoisotopic (exact) mass is 406 g/mol. The Morgan fingerprint density at radius 1 is 1.56 bits per heavy atom. The van der Waals surface area contributed by atoms with Crippen molar-refractivity contribution < 1.29 is 23.3 Å². The van der Waals surface area contributed by atoms with Crippen molar-refractivity contribution in [1.29, 1.82) is 0 Å². The van der Waals surface area contributed by atoms with Crippen LogP contribution in [0.15, 0.2) is 18.5 Å². The molecule has 0 aliphatic heterocycles. The summed E-state index contributed by atoms with van der Waals surface area (Å²) >= 11 is 7.31. The number of amides is 1. The summed E-state index contributed by atoms with van der Waals surface area (Å²) in [6, 6.07) is 1.21. The lowest BCUT2D eigenvalue weighted by Crippen LogP contribution is -2.36. The van der Waals surface area contributed by atoms with Crippen LogP contribution in [0.3, 0.4) is 0 Å². The highest BCUT2D eigenvalue weighted by molar-refractivity contribution is 7.84. The zero-order chi connectivity index (χ0) is 18.7. The van der Waals surface area contributed by atoms with Gasteiger partial charge in [-0.25, -0.2) is 9.37 Å². The number of hydrogen-bond donors (Lipinski definition) is 1. The molecule has 0 aliphatic rings. The molecule has 0 radical (unpaired) electrons. The minimum absolute atomic E-state index is 0.119. The fourth-order valence-electron chi connectivity index (χ4n) is 2.32. The Balaban J connectivity index is 2.36. The van der Waals surface area contributed by atoms with E-state index in [0.29, 0.717) is 26.8 Å². The van der Waals surface area contributed by atoms with Gasteiger partial charge in [-0.1, -0.05) is 29.9 Å². The van der Waals surface area contributed by atoms with Crippen LogP contribution >= 0.6 is 22.9 Å². The zero-order valence-corrected chi connectivity index (χ0v) is 16.3. The molecule has 1 amide bonds. The Kier molecular flexibility index (Phi) is 6.47. The Morgan fingerprint density at radius 2 is 2.24 bits per heavy atom. The van der Waals surface area contributed by atoms with Crippen LogP contribution in [0.5, 0.6) is 0 Å². The molecular formula is C15H18ClFN3O3S2+. The molecule has 2 aromatic heterocycles. The second-order valence-electron chi connectivity index (χ2n) is 5.46. The highest BCUT2D eigenvalue weighted by Crippen LogP contribution is 2.38. The van der Waals surface area contributed by atoms with Crippen molar-refractivity contribution in [2.75, 3.05) is 23.5 Å². The lowest BCUT2D eigenvalue weighted by Gasteiger charge is -2.22. The van der Waals surface area contributed by atoms with Gasteiger partial charge in [-0.05, 0) is 13.0 Å². The first-order valence-electron chi connectivity index (χ1n) is 7.42. The minimum atomic E-state index is -1.09. The number of aromatic nitrogens is 2. The van der Waals surface area contributed by atoms with E-state index in [0.717, 1.165) is 17.5 Å². The summed E-state index contributed by atoms with van der Waals surface area (Å²) in [7, 11) is -1.09. The predicted molar refractivity (Wildman–Crippen MR) is 96.0 cm³/mol. The summed E-state index contributed by atoms with van der Waals surface area (Å²) in [6.07, 6.45) is 3.75. The van der Waals surface area contributed by atoms with Crippen molar-refractivity contribution >= 4 is 44.6 Å². The molecule has 0 aliphatic carbocycles. The SMILES string of the molecule is CCN(C(=O)C(C)CS(C)=O)c1sc(-c2cc(F)c[n+](O)c2)nc1Cl. The Bertz CT molecular complexity index is 795. The largest absolute Gasteiger partial charge is 0.301 e. The first-order valence-corrected chi connectivity index (χ1v) is 10.3. The molecule has 2 unspecified atom stereocenters. The molecule has 10 heteroatoms. The van der Waals surface area contributed by atoms with Crippen molar-refractivity contribution in [2.24, 2.45) is 5.92 Å². The number of nitrogens with zero attached hydrogens (tertiary/aromatic N) is 3. The quantitative estimate of drug-likeness (QED) is 0.590. The third-order valence-electron chi connectivity index (χ3n) is 3.37. The number of halogens is 2. The average molecular weight is 407 g/mol. The molecule has 25 heavy (non-hydrogen) atoms. The topological polar surface area (TPSA) is 74.4 Å². The molecule has 0 spiro atoms. The van der Waals surface area contributed by atoms with Crippen LogP contribution in [0.25, 0.3) is 10.6 Å². The van der Waals surface area contributed by atoms with Crippen LogP contribution in [0.2, 0.25) is 5.15 Å². The first kappa shape index (κ1) is 19.7. The van der Waals surface area contributed by atoms with Crippen LogP contribution in [-0.2, 0) is 15.6 Å².